The second-order valence-corrected chi connectivity index (χ2v) is 6.25. The van der Waals surface area contributed by atoms with Gasteiger partial charge in [-0.25, -0.2) is 9.97 Å². The Hall–Kier alpha value is -1.95. The van der Waals surface area contributed by atoms with Crippen molar-refractivity contribution >= 4 is 5.97 Å². The predicted molar refractivity (Wildman–Crippen MR) is 92.1 cm³/mol. The van der Waals surface area contributed by atoms with Crippen molar-refractivity contribution in [3.63, 3.8) is 0 Å². The molecular formula is C18H27N3O3. The Morgan fingerprint density at radius 2 is 2.12 bits per heavy atom. The average Bonchev–Trinajstić information content (AvgIpc) is 2.60. The minimum absolute atomic E-state index is 0.0168. The van der Waals surface area contributed by atoms with Gasteiger partial charge in [-0.1, -0.05) is 13.0 Å². The molecule has 0 unspecified atom stereocenters. The van der Waals surface area contributed by atoms with Crippen molar-refractivity contribution in [2.24, 2.45) is 5.92 Å². The van der Waals surface area contributed by atoms with Crippen LogP contribution >= 0.6 is 0 Å². The van der Waals surface area contributed by atoms with Gasteiger partial charge in [-0.2, -0.15) is 0 Å². The number of likely N-dealkylation sites (tertiary alicyclic amines) is 1. The highest BCUT2D eigenvalue weighted by molar-refractivity contribution is 5.70. The number of allylic oxidation sites excluding steroid dienone is 1. The number of aromatic nitrogens is 2. The predicted octanol–water partition coefficient (Wildman–Crippen LogP) is 2.55. The number of piperidine rings is 1. The summed E-state index contributed by atoms with van der Waals surface area (Å²) in [5.41, 5.74) is 1.08. The second kappa shape index (κ2) is 9.37. The number of hydrogen-bond donors (Lipinski definition) is 1. The van der Waals surface area contributed by atoms with Crippen molar-refractivity contribution in [1.29, 1.82) is 0 Å². The normalized spacial score (nSPS) is 17.4. The van der Waals surface area contributed by atoms with Gasteiger partial charge in [-0.15, -0.1) is 6.58 Å². The molecule has 1 aliphatic heterocycles. The van der Waals surface area contributed by atoms with Gasteiger partial charge in [0, 0.05) is 18.9 Å². The number of carboxylic acid groups (broad SMARTS) is 1. The monoisotopic (exact) mass is 333 g/mol. The lowest BCUT2D eigenvalue weighted by molar-refractivity contribution is -0.143. The van der Waals surface area contributed by atoms with E-state index in [1.807, 2.05) is 6.08 Å². The molecule has 2 heterocycles. The third-order valence-electron chi connectivity index (χ3n) is 4.45. The van der Waals surface area contributed by atoms with Crippen LogP contribution in [0.3, 0.4) is 0 Å². The Morgan fingerprint density at radius 1 is 1.46 bits per heavy atom. The van der Waals surface area contributed by atoms with Crippen LogP contribution < -0.4 is 4.74 Å². The third kappa shape index (κ3) is 5.60. The van der Waals surface area contributed by atoms with Gasteiger partial charge in [0.15, 0.2) is 0 Å². The van der Waals surface area contributed by atoms with Crippen molar-refractivity contribution in [2.75, 3.05) is 19.6 Å². The lowest BCUT2D eigenvalue weighted by Crippen LogP contribution is -2.42. The molecule has 6 nitrogen and oxygen atoms in total. The van der Waals surface area contributed by atoms with Gasteiger partial charge in [-0.05, 0) is 50.8 Å². The van der Waals surface area contributed by atoms with E-state index < -0.39 is 5.97 Å². The third-order valence-corrected chi connectivity index (χ3v) is 4.45. The SMILES string of the molecule is C=CCC[C@H](CN1CCC(C(=O)O)CC1)Oc1ncc(CC)cn1. The molecule has 0 aliphatic carbocycles. The molecular weight excluding hydrogens is 306 g/mol. The highest BCUT2D eigenvalue weighted by atomic mass is 16.5. The van der Waals surface area contributed by atoms with Crippen LogP contribution in [0.4, 0.5) is 0 Å². The van der Waals surface area contributed by atoms with Crippen molar-refractivity contribution in [3.8, 4) is 6.01 Å². The smallest absolute Gasteiger partial charge is 0.316 e. The van der Waals surface area contributed by atoms with Gasteiger partial charge in [0.05, 0.1) is 5.92 Å². The molecule has 0 radical (unpaired) electrons. The van der Waals surface area contributed by atoms with E-state index in [0.29, 0.717) is 18.9 Å². The molecule has 132 valence electrons. The van der Waals surface area contributed by atoms with E-state index in [-0.39, 0.29) is 12.0 Å². The van der Waals surface area contributed by atoms with Gasteiger partial charge in [-0.3, -0.25) is 9.69 Å². The van der Waals surface area contributed by atoms with Gasteiger partial charge >= 0.3 is 12.0 Å². The first-order valence-corrected chi connectivity index (χ1v) is 8.66. The summed E-state index contributed by atoms with van der Waals surface area (Å²) in [6.45, 7) is 8.18. The molecule has 0 saturated carbocycles. The number of nitrogens with zero attached hydrogens (tertiary/aromatic N) is 3. The zero-order valence-electron chi connectivity index (χ0n) is 14.4. The van der Waals surface area contributed by atoms with Crippen molar-refractivity contribution in [1.82, 2.24) is 14.9 Å². The maximum Gasteiger partial charge on any atom is 0.316 e. The molecule has 1 aliphatic rings. The largest absolute Gasteiger partial charge is 0.481 e. The van der Waals surface area contributed by atoms with E-state index in [1.54, 1.807) is 12.4 Å². The number of hydrogen-bond acceptors (Lipinski definition) is 5. The van der Waals surface area contributed by atoms with Crippen LogP contribution in [0.2, 0.25) is 0 Å². The molecule has 2 rings (SSSR count). The zero-order valence-corrected chi connectivity index (χ0v) is 14.4. The molecule has 1 atom stereocenters. The van der Waals surface area contributed by atoms with E-state index in [0.717, 1.165) is 44.5 Å². The van der Waals surface area contributed by atoms with Gasteiger partial charge in [0.2, 0.25) is 0 Å². The number of carbonyl (C=O) groups is 1. The van der Waals surface area contributed by atoms with E-state index in [9.17, 15) is 4.79 Å². The van der Waals surface area contributed by atoms with Crippen molar-refractivity contribution in [3.05, 3.63) is 30.6 Å². The summed E-state index contributed by atoms with van der Waals surface area (Å²) in [7, 11) is 0. The molecule has 0 amide bonds. The molecule has 1 N–H and O–H groups in total. The van der Waals surface area contributed by atoms with Gasteiger partial charge in [0.25, 0.3) is 0 Å². The van der Waals surface area contributed by atoms with Crippen LogP contribution in [0.25, 0.3) is 0 Å². The van der Waals surface area contributed by atoms with E-state index in [4.69, 9.17) is 9.84 Å². The van der Waals surface area contributed by atoms with Crippen LogP contribution in [0, 0.1) is 5.92 Å². The van der Waals surface area contributed by atoms with Crippen LogP contribution in [0.15, 0.2) is 25.0 Å². The fourth-order valence-electron chi connectivity index (χ4n) is 2.88. The molecule has 1 aromatic heterocycles. The first-order chi connectivity index (χ1) is 11.6. The highest BCUT2D eigenvalue weighted by Gasteiger charge is 2.26. The van der Waals surface area contributed by atoms with Crippen LogP contribution in [0.1, 0.15) is 38.2 Å². The summed E-state index contributed by atoms with van der Waals surface area (Å²) >= 11 is 0. The Kier molecular flexibility index (Phi) is 7.18. The average molecular weight is 333 g/mol. The Bertz CT molecular complexity index is 525. The first kappa shape index (κ1) is 18.4. The number of aliphatic carboxylic acids is 1. The number of ether oxygens (including phenoxy) is 1. The lowest BCUT2D eigenvalue weighted by atomic mass is 9.97. The first-order valence-electron chi connectivity index (χ1n) is 8.66. The number of carboxylic acids is 1. The van der Waals surface area contributed by atoms with Crippen LogP contribution in [-0.2, 0) is 11.2 Å². The molecule has 1 fully saturated rings. The van der Waals surface area contributed by atoms with E-state index in [1.165, 1.54) is 0 Å². The number of aryl methyl sites for hydroxylation is 1. The fraction of sp³-hybridized carbons (Fsp3) is 0.611. The van der Waals surface area contributed by atoms with E-state index in [2.05, 4.69) is 28.4 Å². The highest BCUT2D eigenvalue weighted by Crippen LogP contribution is 2.19. The van der Waals surface area contributed by atoms with Crippen LogP contribution in [0.5, 0.6) is 6.01 Å². The minimum Gasteiger partial charge on any atom is -0.481 e. The standard InChI is InChI=1S/C18H27N3O3/c1-3-5-6-16(24-18-19-11-14(4-2)12-20-18)13-21-9-7-15(8-10-21)17(22)23/h3,11-12,15-16H,1,4-10,13H2,2H3,(H,22,23)/t16-/m1/s1. The number of rotatable bonds is 9. The summed E-state index contributed by atoms with van der Waals surface area (Å²) in [6, 6.07) is 0.404. The minimum atomic E-state index is -0.682. The molecule has 1 saturated heterocycles. The topological polar surface area (TPSA) is 75.6 Å². The fourth-order valence-corrected chi connectivity index (χ4v) is 2.88. The summed E-state index contributed by atoms with van der Waals surface area (Å²) in [6.07, 6.45) is 9.47. The molecule has 0 spiro atoms. The molecule has 1 aromatic rings. The second-order valence-electron chi connectivity index (χ2n) is 6.25. The maximum atomic E-state index is 11.0. The van der Waals surface area contributed by atoms with Crippen molar-refractivity contribution < 1.29 is 14.6 Å². The van der Waals surface area contributed by atoms with E-state index >= 15 is 0 Å². The molecule has 0 bridgehead atoms. The summed E-state index contributed by atoms with van der Waals surface area (Å²) in [5.74, 6) is -0.891. The van der Waals surface area contributed by atoms with Gasteiger partial charge in [0.1, 0.15) is 6.10 Å². The zero-order chi connectivity index (χ0) is 17.4. The summed E-state index contributed by atoms with van der Waals surface area (Å²) in [4.78, 5) is 21.9. The summed E-state index contributed by atoms with van der Waals surface area (Å²) in [5, 5.41) is 9.09. The van der Waals surface area contributed by atoms with Gasteiger partial charge < -0.3 is 9.84 Å². The molecule has 0 aromatic carbocycles. The molecule has 6 heteroatoms. The summed E-state index contributed by atoms with van der Waals surface area (Å²) < 4.78 is 5.97. The molecule has 24 heavy (non-hydrogen) atoms. The quantitative estimate of drug-likeness (QED) is 0.700. The van der Waals surface area contributed by atoms with Crippen LogP contribution in [-0.4, -0.2) is 51.7 Å². The Balaban J connectivity index is 1.90. The maximum absolute atomic E-state index is 11.0. The Morgan fingerprint density at radius 3 is 2.67 bits per heavy atom. The Labute approximate surface area is 143 Å². The lowest BCUT2D eigenvalue weighted by Gasteiger charge is -2.32. The van der Waals surface area contributed by atoms with Crippen molar-refractivity contribution in [2.45, 2.75) is 45.1 Å².